The number of nitrogens with zero attached hydrogens (tertiary/aromatic N) is 3. The number of thioether (sulfide) groups is 1. The number of aliphatic imine (C=N–C) groups is 1. The predicted molar refractivity (Wildman–Crippen MR) is 133 cm³/mol. The molecule has 2 N–H and O–H groups in total. The molecule has 0 atom stereocenters. The minimum absolute atomic E-state index is 0.107. The van der Waals surface area contributed by atoms with Crippen molar-refractivity contribution in [3.8, 4) is 0 Å². The summed E-state index contributed by atoms with van der Waals surface area (Å²) in [6.45, 7) is 7.99. The summed E-state index contributed by atoms with van der Waals surface area (Å²) in [6.07, 6.45) is 12.2. The molecule has 1 fully saturated rings. The molecule has 1 aliphatic carbocycles. The number of carbonyl (C=O) groups is 1. The van der Waals surface area contributed by atoms with Gasteiger partial charge in [-0.25, -0.2) is 9.97 Å². The molecule has 6 nitrogen and oxygen atoms in total. The highest BCUT2D eigenvalue weighted by Crippen LogP contribution is 2.25. The Morgan fingerprint density at radius 2 is 2.03 bits per heavy atom. The highest BCUT2D eigenvalue weighted by Gasteiger charge is 2.12. The molecule has 31 heavy (non-hydrogen) atoms. The fraction of sp³-hybridized carbons (Fsp3) is 0.417. The lowest BCUT2D eigenvalue weighted by molar-refractivity contribution is -0.119. The second-order valence-corrected chi connectivity index (χ2v) is 8.42. The van der Waals surface area contributed by atoms with Crippen molar-refractivity contribution >= 4 is 40.9 Å². The van der Waals surface area contributed by atoms with Crippen LogP contribution in [0, 0.1) is 12.8 Å². The average Bonchev–Trinajstić information content (AvgIpc) is 2.77. The number of carbonyl (C=O) groups excluding carboxylic acids is 1. The van der Waals surface area contributed by atoms with E-state index < -0.39 is 0 Å². The summed E-state index contributed by atoms with van der Waals surface area (Å²) < 4.78 is 0. The van der Waals surface area contributed by atoms with Crippen LogP contribution in [0.3, 0.4) is 0 Å². The highest BCUT2D eigenvalue weighted by atomic mass is 32.2. The van der Waals surface area contributed by atoms with Gasteiger partial charge in [-0.1, -0.05) is 25.3 Å². The Labute approximate surface area is 190 Å². The van der Waals surface area contributed by atoms with Crippen LogP contribution in [0.25, 0.3) is 4.91 Å². The Balaban J connectivity index is 0.000000262. The van der Waals surface area contributed by atoms with Gasteiger partial charge in [-0.05, 0) is 68.5 Å². The van der Waals surface area contributed by atoms with Gasteiger partial charge in [-0.15, -0.1) is 11.8 Å². The van der Waals surface area contributed by atoms with Crippen LogP contribution in [0.4, 0.5) is 11.6 Å². The quantitative estimate of drug-likeness (QED) is 0.550. The van der Waals surface area contributed by atoms with Crippen LogP contribution < -0.4 is 10.6 Å². The zero-order chi connectivity index (χ0) is 22.5. The zero-order valence-electron chi connectivity index (χ0n) is 18.7. The summed E-state index contributed by atoms with van der Waals surface area (Å²) in [6, 6.07) is 9.74. The van der Waals surface area contributed by atoms with E-state index in [0.29, 0.717) is 0 Å². The Morgan fingerprint density at radius 3 is 2.68 bits per heavy atom. The molecule has 3 rings (SSSR count). The van der Waals surface area contributed by atoms with Gasteiger partial charge in [0.25, 0.3) is 0 Å². The van der Waals surface area contributed by atoms with E-state index in [9.17, 15) is 4.79 Å². The van der Waals surface area contributed by atoms with Crippen LogP contribution in [0.15, 0.2) is 47.7 Å². The van der Waals surface area contributed by atoms with Crippen molar-refractivity contribution in [1.29, 1.82) is 0 Å². The van der Waals surface area contributed by atoms with Crippen molar-refractivity contribution < 1.29 is 4.79 Å². The number of anilines is 2. The van der Waals surface area contributed by atoms with Crippen LogP contribution in [0.5, 0.6) is 0 Å². The third kappa shape index (κ3) is 9.34. The molecule has 0 aliphatic heterocycles. The second-order valence-electron chi connectivity index (χ2n) is 7.57. The molecule has 2 aromatic heterocycles. The van der Waals surface area contributed by atoms with Gasteiger partial charge in [0.05, 0.1) is 10.6 Å². The van der Waals surface area contributed by atoms with Gasteiger partial charge in [-0.2, -0.15) is 0 Å². The molecular weight excluding hydrogens is 406 g/mol. The topological polar surface area (TPSA) is 79.3 Å². The minimum Gasteiger partial charge on any atom is -0.356 e. The third-order valence-corrected chi connectivity index (χ3v) is 5.72. The molecule has 0 bridgehead atoms. The van der Waals surface area contributed by atoms with Gasteiger partial charge in [0.15, 0.2) is 0 Å². The molecule has 0 spiro atoms. The van der Waals surface area contributed by atoms with E-state index in [1.807, 2.05) is 43.5 Å². The van der Waals surface area contributed by atoms with E-state index in [1.165, 1.54) is 32.1 Å². The van der Waals surface area contributed by atoms with E-state index in [4.69, 9.17) is 0 Å². The molecule has 166 valence electrons. The maximum Gasteiger partial charge on any atom is 0.216 e. The largest absolute Gasteiger partial charge is 0.356 e. The number of aryl methyl sites for hydroxylation is 1. The number of hydrogen-bond acceptors (Lipinski definition) is 6. The second kappa shape index (κ2) is 13.6. The number of pyridine rings is 2. The van der Waals surface area contributed by atoms with E-state index in [2.05, 4.69) is 32.3 Å². The van der Waals surface area contributed by atoms with Crippen molar-refractivity contribution in [2.24, 2.45) is 10.9 Å². The van der Waals surface area contributed by atoms with Crippen LogP contribution >= 0.6 is 11.8 Å². The molecule has 0 aromatic carbocycles. The smallest absolute Gasteiger partial charge is 0.216 e. The Bertz CT molecular complexity index is 878. The van der Waals surface area contributed by atoms with Gasteiger partial charge in [0.2, 0.25) is 5.91 Å². The first-order chi connectivity index (χ1) is 15.0. The van der Waals surface area contributed by atoms with Crippen LogP contribution in [0.2, 0.25) is 0 Å². The SMILES string of the molecule is C=N/C=C(\SC)c1cccc(Nc2cc(C)ccn2)n1.CC(=O)NCC1CCCCC1. The lowest BCUT2D eigenvalue weighted by Crippen LogP contribution is -2.28. The monoisotopic (exact) mass is 439 g/mol. The molecule has 0 unspecified atom stereocenters. The number of hydrogen-bond donors (Lipinski definition) is 2. The molecule has 1 amide bonds. The summed E-state index contributed by atoms with van der Waals surface area (Å²) in [5.41, 5.74) is 2.02. The summed E-state index contributed by atoms with van der Waals surface area (Å²) in [5, 5.41) is 6.08. The number of aromatic nitrogens is 2. The molecule has 1 aliphatic rings. The lowest BCUT2D eigenvalue weighted by atomic mass is 9.89. The Hall–Kier alpha value is -2.67. The van der Waals surface area contributed by atoms with Crippen molar-refractivity contribution in [3.63, 3.8) is 0 Å². The number of rotatable bonds is 7. The molecular formula is C24H33N5OS. The maximum atomic E-state index is 10.6. The Kier molecular flexibility index (Phi) is 10.8. The summed E-state index contributed by atoms with van der Waals surface area (Å²) in [4.78, 5) is 24.2. The fourth-order valence-corrected chi connectivity index (χ4v) is 3.87. The normalized spacial score (nSPS) is 14.2. The van der Waals surface area contributed by atoms with Crippen molar-refractivity contribution in [2.75, 3.05) is 18.1 Å². The van der Waals surface area contributed by atoms with Crippen molar-refractivity contribution in [1.82, 2.24) is 15.3 Å². The maximum absolute atomic E-state index is 10.6. The molecule has 0 saturated heterocycles. The number of nitrogens with one attached hydrogen (secondary N) is 2. The van der Waals surface area contributed by atoms with E-state index in [0.717, 1.165) is 40.3 Å². The summed E-state index contributed by atoms with van der Waals surface area (Å²) in [7, 11) is 0. The molecule has 0 radical (unpaired) electrons. The van der Waals surface area contributed by atoms with Crippen molar-refractivity contribution in [3.05, 3.63) is 54.0 Å². The molecule has 2 aromatic rings. The number of amides is 1. The van der Waals surface area contributed by atoms with E-state index in [-0.39, 0.29) is 5.91 Å². The fourth-order valence-electron chi connectivity index (χ4n) is 3.36. The summed E-state index contributed by atoms with van der Waals surface area (Å²) >= 11 is 1.59. The zero-order valence-corrected chi connectivity index (χ0v) is 19.5. The Morgan fingerprint density at radius 1 is 1.26 bits per heavy atom. The van der Waals surface area contributed by atoms with Gasteiger partial charge in [0, 0.05) is 25.9 Å². The molecule has 2 heterocycles. The first kappa shape index (κ1) is 24.6. The summed E-state index contributed by atoms with van der Waals surface area (Å²) in [5.74, 6) is 2.40. The van der Waals surface area contributed by atoms with E-state index >= 15 is 0 Å². The van der Waals surface area contributed by atoms with Crippen LogP contribution in [0.1, 0.15) is 50.3 Å². The van der Waals surface area contributed by atoms with Gasteiger partial charge in [0.1, 0.15) is 11.6 Å². The van der Waals surface area contributed by atoms with E-state index in [1.54, 1.807) is 31.1 Å². The van der Waals surface area contributed by atoms with Crippen LogP contribution in [-0.4, -0.2) is 35.4 Å². The first-order valence-electron chi connectivity index (χ1n) is 10.6. The third-order valence-electron chi connectivity index (χ3n) is 4.97. The standard InChI is InChI=1S/C15H16N4S.C9H17NO/c1-11-7-8-17-15(9-11)19-14-6-4-5-12(18-14)13(20-3)10-16-2;1-8(11)10-7-9-5-3-2-4-6-9/h4-10H,2H2,1,3H3,(H,17,18,19);9H,2-7H2,1H3,(H,10,11)/b13-10-;. The average molecular weight is 440 g/mol. The van der Waals surface area contributed by atoms with Crippen LogP contribution in [-0.2, 0) is 4.79 Å². The van der Waals surface area contributed by atoms with Gasteiger partial charge >= 0.3 is 0 Å². The highest BCUT2D eigenvalue weighted by molar-refractivity contribution is 8.07. The molecule has 7 heteroatoms. The minimum atomic E-state index is 0.107. The van der Waals surface area contributed by atoms with Gasteiger partial charge in [-0.3, -0.25) is 9.79 Å². The van der Waals surface area contributed by atoms with Crippen molar-refractivity contribution in [2.45, 2.75) is 46.0 Å². The molecule has 1 saturated carbocycles. The lowest BCUT2D eigenvalue weighted by Gasteiger charge is -2.21. The first-order valence-corrected chi connectivity index (χ1v) is 11.9. The van der Waals surface area contributed by atoms with Gasteiger partial charge < -0.3 is 10.6 Å². The predicted octanol–water partition coefficient (Wildman–Crippen LogP) is 5.59.